The largest absolute Gasteiger partial charge is 1.00 e. The molecule has 0 bridgehead atoms. The van der Waals surface area contributed by atoms with Crippen LogP contribution >= 0.6 is 0 Å². The number of aromatic nitrogens is 2. The van der Waals surface area contributed by atoms with E-state index in [-0.39, 0.29) is 12.4 Å². The standard InChI is InChI=1S/C17H18N2.ClH/c1-2-19-16-11-7-6-10-15(16)18-17(19)13-12-14-8-4-3-5-9-14;/h3-11H,2,12-13H2,1H3;1H/p-1. The molecule has 0 amide bonds. The molecular weight excluding hydrogens is 268 g/mol. The summed E-state index contributed by atoms with van der Waals surface area (Å²) in [5, 5.41) is 0. The Morgan fingerprint density at radius 1 is 0.900 bits per heavy atom. The first kappa shape index (κ1) is 14.6. The minimum atomic E-state index is 0. The normalized spacial score (nSPS) is 10.4. The zero-order valence-corrected chi connectivity index (χ0v) is 12.3. The third kappa shape index (κ3) is 2.86. The van der Waals surface area contributed by atoms with E-state index in [1.807, 2.05) is 0 Å². The second-order valence-electron chi connectivity index (χ2n) is 4.75. The van der Waals surface area contributed by atoms with E-state index in [1.165, 1.54) is 16.9 Å². The summed E-state index contributed by atoms with van der Waals surface area (Å²) in [6.45, 7) is 3.16. The van der Waals surface area contributed by atoms with E-state index < -0.39 is 0 Å². The molecule has 1 heterocycles. The fraction of sp³-hybridized carbons (Fsp3) is 0.235. The molecular formula is C17H18ClN2-. The first-order valence-electron chi connectivity index (χ1n) is 6.86. The van der Waals surface area contributed by atoms with Gasteiger partial charge in [-0.3, -0.25) is 0 Å². The van der Waals surface area contributed by atoms with Crippen LogP contribution in [0.15, 0.2) is 54.6 Å². The monoisotopic (exact) mass is 285 g/mol. The van der Waals surface area contributed by atoms with Gasteiger partial charge in [0.2, 0.25) is 0 Å². The summed E-state index contributed by atoms with van der Waals surface area (Å²) < 4.78 is 2.32. The summed E-state index contributed by atoms with van der Waals surface area (Å²) in [5.41, 5.74) is 3.72. The number of imidazole rings is 1. The number of para-hydroxylation sites is 2. The number of benzene rings is 2. The Balaban J connectivity index is 0.00000147. The number of halogens is 1. The lowest BCUT2D eigenvalue weighted by Crippen LogP contribution is -3.00. The Labute approximate surface area is 125 Å². The number of hydrogen-bond donors (Lipinski definition) is 0. The van der Waals surface area contributed by atoms with E-state index in [0.717, 1.165) is 24.9 Å². The van der Waals surface area contributed by atoms with Gasteiger partial charge < -0.3 is 17.0 Å². The van der Waals surface area contributed by atoms with Crippen LogP contribution in [0, 0.1) is 0 Å². The molecule has 0 fully saturated rings. The van der Waals surface area contributed by atoms with Crippen molar-refractivity contribution in [3.63, 3.8) is 0 Å². The van der Waals surface area contributed by atoms with Gasteiger partial charge in [-0.2, -0.15) is 0 Å². The number of hydrogen-bond acceptors (Lipinski definition) is 1. The van der Waals surface area contributed by atoms with Gasteiger partial charge in [0, 0.05) is 13.0 Å². The van der Waals surface area contributed by atoms with E-state index in [4.69, 9.17) is 4.98 Å². The summed E-state index contributed by atoms with van der Waals surface area (Å²) in [5.74, 6) is 1.19. The minimum Gasteiger partial charge on any atom is -1.00 e. The number of aryl methyl sites for hydroxylation is 3. The van der Waals surface area contributed by atoms with Crippen molar-refractivity contribution in [3.05, 3.63) is 66.0 Å². The van der Waals surface area contributed by atoms with E-state index in [2.05, 4.69) is 66.1 Å². The molecule has 3 aromatic rings. The number of nitrogens with zero attached hydrogens (tertiary/aromatic N) is 2. The van der Waals surface area contributed by atoms with Crippen LogP contribution in [0.1, 0.15) is 18.3 Å². The molecule has 2 nitrogen and oxygen atoms in total. The minimum absolute atomic E-state index is 0. The van der Waals surface area contributed by atoms with Crippen molar-refractivity contribution in [2.75, 3.05) is 0 Å². The molecule has 0 unspecified atom stereocenters. The third-order valence-electron chi connectivity index (χ3n) is 3.53. The highest BCUT2D eigenvalue weighted by molar-refractivity contribution is 5.75. The van der Waals surface area contributed by atoms with Gasteiger partial charge in [-0.05, 0) is 31.0 Å². The van der Waals surface area contributed by atoms with E-state index in [0.29, 0.717) is 0 Å². The molecule has 0 aliphatic rings. The van der Waals surface area contributed by atoms with Crippen molar-refractivity contribution >= 4 is 11.0 Å². The van der Waals surface area contributed by atoms with Crippen LogP contribution in [0.4, 0.5) is 0 Å². The van der Waals surface area contributed by atoms with Gasteiger partial charge in [0.25, 0.3) is 0 Å². The summed E-state index contributed by atoms with van der Waals surface area (Å²) in [6.07, 6.45) is 2.04. The third-order valence-corrected chi connectivity index (χ3v) is 3.53. The first-order chi connectivity index (χ1) is 9.38. The maximum Gasteiger partial charge on any atom is 0.110 e. The second-order valence-corrected chi connectivity index (χ2v) is 4.75. The van der Waals surface area contributed by atoms with Crippen molar-refractivity contribution in [1.82, 2.24) is 9.55 Å². The smallest absolute Gasteiger partial charge is 0.110 e. The molecule has 0 aliphatic carbocycles. The highest BCUT2D eigenvalue weighted by Gasteiger charge is 2.08. The van der Waals surface area contributed by atoms with Gasteiger partial charge in [-0.1, -0.05) is 42.5 Å². The van der Waals surface area contributed by atoms with Gasteiger partial charge >= 0.3 is 0 Å². The lowest BCUT2D eigenvalue weighted by Gasteiger charge is -2.06. The zero-order valence-electron chi connectivity index (χ0n) is 11.6. The molecule has 1 aromatic heterocycles. The molecule has 104 valence electrons. The Morgan fingerprint density at radius 2 is 1.60 bits per heavy atom. The highest BCUT2D eigenvalue weighted by atomic mass is 35.5. The molecule has 0 atom stereocenters. The zero-order chi connectivity index (χ0) is 13.1. The van der Waals surface area contributed by atoms with Crippen LogP contribution in [0.5, 0.6) is 0 Å². The predicted molar refractivity (Wildman–Crippen MR) is 79.3 cm³/mol. The van der Waals surface area contributed by atoms with Gasteiger partial charge in [0.05, 0.1) is 11.0 Å². The first-order valence-corrected chi connectivity index (χ1v) is 6.86. The van der Waals surface area contributed by atoms with Gasteiger partial charge in [-0.25, -0.2) is 4.98 Å². The van der Waals surface area contributed by atoms with Crippen molar-refractivity contribution in [1.29, 1.82) is 0 Å². The summed E-state index contributed by atoms with van der Waals surface area (Å²) in [4.78, 5) is 4.76. The predicted octanol–water partition coefficient (Wildman–Crippen LogP) is 0.845. The Hall–Kier alpha value is -1.80. The second kappa shape index (κ2) is 6.58. The Morgan fingerprint density at radius 3 is 2.35 bits per heavy atom. The van der Waals surface area contributed by atoms with Crippen molar-refractivity contribution in [3.8, 4) is 0 Å². The lowest BCUT2D eigenvalue weighted by molar-refractivity contribution is -0.00000397. The maximum atomic E-state index is 4.76. The average molecular weight is 286 g/mol. The lowest BCUT2D eigenvalue weighted by atomic mass is 10.1. The van der Waals surface area contributed by atoms with Crippen molar-refractivity contribution in [2.24, 2.45) is 0 Å². The van der Waals surface area contributed by atoms with Crippen molar-refractivity contribution in [2.45, 2.75) is 26.3 Å². The number of rotatable bonds is 4. The fourth-order valence-corrected chi connectivity index (χ4v) is 2.57. The van der Waals surface area contributed by atoms with Gasteiger partial charge in [-0.15, -0.1) is 0 Å². The van der Waals surface area contributed by atoms with Crippen LogP contribution in [0.3, 0.4) is 0 Å². The SMILES string of the molecule is CCn1c(CCc2ccccc2)nc2ccccc21.[Cl-]. The molecule has 0 spiro atoms. The van der Waals surface area contributed by atoms with E-state index >= 15 is 0 Å². The molecule has 0 radical (unpaired) electrons. The topological polar surface area (TPSA) is 17.8 Å². The average Bonchev–Trinajstić information content (AvgIpc) is 2.83. The molecule has 20 heavy (non-hydrogen) atoms. The van der Waals surface area contributed by atoms with Gasteiger partial charge in [0.15, 0.2) is 0 Å². The Bertz CT molecular complexity index is 674. The van der Waals surface area contributed by atoms with E-state index in [1.54, 1.807) is 0 Å². The van der Waals surface area contributed by atoms with Crippen LogP contribution in [-0.4, -0.2) is 9.55 Å². The highest BCUT2D eigenvalue weighted by Crippen LogP contribution is 2.17. The Kier molecular flexibility index (Phi) is 4.80. The number of fused-ring (bicyclic) bond motifs is 1. The summed E-state index contributed by atoms with van der Waals surface area (Å²) >= 11 is 0. The summed E-state index contributed by atoms with van der Waals surface area (Å²) in [7, 11) is 0. The van der Waals surface area contributed by atoms with E-state index in [9.17, 15) is 0 Å². The molecule has 0 N–H and O–H groups in total. The molecule has 0 aliphatic heterocycles. The van der Waals surface area contributed by atoms with Crippen LogP contribution in [0.25, 0.3) is 11.0 Å². The van der Waals surface area contributed by atoms with Crippen molar-refractivity contribution < 1.29 is 12.4 Å². The van der Waals surface area contributed by atoms with Crippen LogP contribution < -0.4 is 12.4 Å². The molecule has 3 heteroatoms. The fourth-order valence-electron chi connectivity index (χ4n) is 2.57. The molecule has 2 aromatic carbocycles. The molecule has 3 rings (SSSR count). The summed E-state index contributed by atoms with van der Waals surface area (Å²) in [6, 6.07) is 19.0. The van der Waals surface area contributed by atoms with Crippen LogP contribution in [0.2, 0.25) is 0 Å². The van der Waals surface area contributed by atoms with Crippen LogP contribution in [-0.2, 0) is 19.4 Å². The quantitative estimate of drug-likeness (QED) is 0.695. The molecule has 0 saturated carbocycles. The van der Waals surface area contributed by atoms with Gasteiger partial charge in [0.1, 0.15) is 5.82 Å². The molecule has 0 saturated heterocycles. The maximum absolute atomic E-state index is 4.76.